The van der Waals surface area contributed by atoms with Gasteiger partial charge in [0.15, 0.2) is 0 Å². The maximum atomic E-state index is 13.7. The van der Waals surface area contributed by atoms with Gasteiger partial charge in [0.1, 0.15) is 17.9 Å². The standard InChI is InChI=1S/C21H20FN3O3/c22-17-10-4-2-7-15(17)12-23-18(26)13-25-19(27)21(24-20(25)28)11-5-8-14-6-1-3-9-16(14)21/h1-4,6-7,9-10H,5,8,11-13H2,(H,23,26)(H,24,28)/t21-/m1/s1. The molecule has 1 aliphatic heterocycles. The Morgan fingerprint density at radius 2 is 1.89 bits per heavy atom. The number of carbonyl (C=O) groups excluding carboxylic acids is 3. The van der Waals surface area contributed by atoms with E-state index in [1.165, 1.54) is 6.07 Å². The molecule has 2 aromatic rings. The molecule has 0 bridgehead atoms. The lowest BCUT2D eigenvalue weighted by Gasteiger charge is -2.33. The summed E-state index contributed by atoms with van der Waals surface area (Å²) in [6.45, 7) is -0.411. The Morgan fingerprint density at radius 3 is 2.71 bits per heavy atom. The molecule has 0 radical (unpaired) electrons. The van der Waals surface area contributed by atoms with Gasteiger partial charge in [0.25, 0.3) is 5.91 Å². The second-order valence-corrected chi connectivity index (χ2v) is 7.11. The number of fused-ring (bicyclic) bond motifs is 2. The van der Waals surface area contributed by atoms with Crippen LogP contribution in [0.2, 0.25) is 0 Å². The molecule has 6 nitrogen and oxygen atoms in total. The largest absolute Gasteiger partial charge is 0.350 e. The molecular weight excluding hydrogens is 361 g/mol. The topological polar surface area (TPSA) is 78.5 Å². The lowest BCUT2D eigenvalue weighted by molar-refractivity contribution is -0.135. The Balaban J connectivity index is 1.48. The SMILES string of the molecule is O=C(CN1C(=O)N[C@@]2(CCCc3ccccc32)C1=O)NCc1ccccc1F. The van der Waals surface area contributed by atoms with E-state index in [-0.39, 0.29) is 6.54 Å². The highest BCUT2D eigenvalue weighted by molar-refractivity contribution is 6.09. The maximum Gasteiger partial charge on any atom is 0.325 e. The monoisotopic (exact) mass is 381 g/mol. The highest BCUT2D eigenvalue weighted by atomic mass is 19.1. The Morgan fingerprint density at radius 1 is 1.14 bits per heavy atom. The molecule has 2 N–H and O–H groups in total. The molecule has 144 valence electrons. The molecule has 28 heavy (non-hydrogen) atoms. The zero-order valence-corrected chi connectivity index (χ0v) is 15.2. The second kappa shape index (κ2) is 7.07. The van der Waals surface area contributed by atoms with Crippen molar-refractivity contribution in [3.8, 4) is 0 Å². The number of nitrogens with zero attached hydrogens (tertiary/aromatic N) is 1. The molecule has 4 rings (SSSR count). The van der Waals surface area contributed by atoms with Gasteiger partial charge < -0.3 is 10.6 Å². The fourth-order valence-corrected chi connectivity index (χ4v) is 3.99. The minimum atomic E-state index is -1.10. The second-order valence-electron chi connectivity index (χ2n) is 7.11. The van der Waals surface area contributed by atoms with Gasteiger partial charge >= 0.3 is 6.03 Å². The van der Waals surface area contributed by atoms with Gasteiger partial charge in [0, 0.05) is 12.1 Å². The van der Waals surface area contributed by atoms with Crippen LogP contribution in [0.1, 0.15) is 29.5 Å². The normalized spacial score (nSPS) is 20.8. The zero-order valence-electron chi connectivity index (χ0n) is 15.2. The Hall–Kier alpha value is -3.22. The summed E-state index contributed by atoms with van der Waals surface area (Å²) in [4.78, 5) is 38.8. The van der Waals surface area contributed by atoms with Gasteiger partial charge in [0.05, 0.1) is 0 Å². The van der Waals surface area contributed by atoms with Crippen LogP contribution in [-0.2, 0) is 28.1 Å². The molecular formula is C21H20FN3O3. The first-order valence-corrected chi connectivity index (χ1v) is 9.24. The molecule has 7 heteroatoms. The summed E-state index contributed by atoms with van der Waals surface area (Å²) < 4.78 is 13.7. The number of rotatable bonds is 4. The summed E-state index contributed by atoms with van der Waals surface area (Å²) in [5.74, 6) is -1.35. The molecule has 1 fully saturated rings. The van der Waals surface area contributed by atoms with Crippen LogP contribution in [0.4, 0.5) is 9.18 Å². The van der Waals surface area contributed by atoms with Gasteiger partial charge in [-0.1, -0.05) is 42.5 Å². The molecule has 1 saturated heterocycles. The minimum absolute atomic E-state index is 0.0108. The van der Waals surface area contributed by atoms with E-state index in [0.717, 1.165) is 28.9 Å². The summed E-state index contributed by atoms with van der Waals surface area (Å²) in [6, 6.07) is 13.1. The third-order valence-electron chi connectivity index (χ3n) is 5.39. The van der Waals surface area contributed by atoms with Crippen LogP contribution >= 0.6 is 0 Å². The van der Waals surface area contributed by atoms with Crippen molar-refractivity contribution in [1.29, 1.82) is 0 Å². The molecule has 2 aliphatic rings. The lowest BCUT2D eigenvalue weighted by Crippen LogP contribution is -2.47. The fraction of sp³-hybridized carbons (Fsp3) is 0.286. The molecule has 4 amide bonds. The van der Waals surface area contributed by atoms with Crippen LogP contribution in [0.3, 0.4) is 0 Å². The first kappa shape index (κ1) is 18.2. The van der Waals surface area contributed by atoms with Crippen LogP contribution in [0.15, 0.2) is 48.5 Å². The molecule has 1 spiro atoms. The van der Waals surface area contributed by atoms with Crippen molar-refractivity contribution in [2.45, 2.75) is 31.3 Å². The molecule has 1 heterocycles. The first-order valence-electron chi connectivity index (χ1n) is 9.24. The number of benzene rings is 2. The number of imide groups is 1. The summed E-state index contributed by atoms with van der Waals surface area (Å²) in [5.41, 5.74) is 1.07. The number of carbonyl (C=O) groups is 3. The van der Waals surface area contributed by atoms with E-state index < -0.39 is 35.7 Å². The van der Waals surface area contributed by atoms with E-state index in [0.29, 0.717) is 12.0 Å². The number of hydrogen-bond acceptors (Lipinski definition) is 3. The smallest absolute Gasteiger partial charge is 0.325 e. The number of nitrogens with one attached hydrogen (secondary N) is 2. The van der Waals surface area contributed by atoms with E-state index in [1.54, 1.807) is 18.2 Å². The zero-order chi connectivity index (χ0) is 19.7. The van der Waals surface area contributed by atoms with Gasteiger partial charge in [-0.3, -0.25) is 14.5 Å². The fourth-order valence-electron chi connectivity index (χ4n) is 3.99. The first-order chi connectivity index (χ1) is 13.5. The van der Waals surface area contributed by atoms with Crippen molar-refractivity contribution in [3.05, 3.63) is 71.0 Å². The summed E-state index contributed by atoms with van der Waals surface area (Å²) >= 11 is 0. The highest BCUT2D eigenvalue weighted by Crippen LogP contribution is 2.39. The Kier molecular flexibility index (Phi) is 4.58. The van der Waals surface area contributed by atoms with Crippen molar-refractivity contribution in [2.24, 2.45) is 0 Å². The lowest BCUT2D eigenvalue weighted by atomic mass is 9.76. The van der Waals surface area contributed by atoms with Crippen LogP contribution in [0.25, 0.3) is 0 Å². The number of amides is 4. The van der Waals surface area contributed by atoms with E-state index in [4.69, 9.17) is 0 Å². The van der Waals surface area contributed by atoms with Crippen molar-refractivity contribution in [3.63, 3.8) is 0 Å². The van der Waals surface area contributed by atoms with Gasteiger partial charge in [-0.05, 0) is 36.5 Å². The van der Waals surface area contributed by atoms with Gasteiger partial charge in [-0.2, -0.15) is 0 Å². The third kappa shape index (κ3) is 3.02. The van der Waals surface area contributed by atoms with Crippen LogP contribution in [-0.4, -0.2) is 29.3 Å². The number of halogens is 1. The van der Waals surface area contributed by atoms with Crippen molar-refractivity contribution < 1.29 is 18.8 Å². The van der Waals surface area contributed by atoms with E-state index in [9.17, 15) is 18.8 Å². The average Bonchev–Trinajstić information content (AvgIpc) is 2.92. The number of urea groups is 1. The van der Waals surface area contributed by atoms with E-state index in [2.05, 4.69) is 10.6 Å². The van der Waals surface area contributed by atoms with Crippen molar-refractivity contribution in [1.82, 2.24) is 15.5 Å². The quantitative estimate of drug-likeness (QED) is 0.798. The minimum Gasteiger partial charge on any atom is -0.350 e. The molecule has 0 saturated carbocycles. The van der Waals surface area contributed by atoms with Crippen LogP contribution < -0.4 is 10.6 Å². The molecule has 1 aliphatic carbocycles. The number of aryl methyl sites for hydroxylation is 1. The summed E-state index contributed by atoms with van der Waals surface area (Å²) in [5, 5.41) is 5.38. The maximum absolute atomic E-state index is 13.7. The van der Waals surface area contributed by atoms with Crippen LogP contribution in [0, 0.1) is 5.82 Å². The van der Waals surface area contributed by atoms with Gasteiger partial charge in [-0.15, -0.1) is 0 Å². The highest BCUT2D eigenvalue weighted by Gasteiger charge is 2.54. The average molecular weight is 381 g/mol. The predicted octanol–water partition coefficient (Wildman–Crippen LogP) is 2.23. The summed E-state index contributed by atoms with van der Waals surface area (Å²) in [7, 11) is 0. The van der Waals surface area contributed by atoms with Crippen LogP contribution in [0.5, 0.6) is 0 Å². The predicted molar refractivity (Wildman–Crippen MR) is 99.5 cm³/mol. The Bertz CT molecular complexity index is 961. The Labute approximate surface area is 161 Å². The molecule has 0 aromatic heterocycles. The molecule has 2 aromatic carbocycles. The number of hydrogen-bond donors (Lipinski definition) is 2. The molecule has 0 unspecified atom stereocenters. The molecule has 1 atom stereocenters. The van der Waals surface area contributed by atoms with Crippen molar-refractivity contribution in [2.75, 3.05) is 6.54 Å². The van der Waals surface area contributed by atoms with E-state index in [1.807, 2.05) is 24.3 Å². The van der Waals surface area contributed by atoms with Crippen molar-refractivity contribution >= 4 is 17.8 Å². The summed E-state index contributed by atoms with van der Waals surface area (Å²) in [6.07, 6.45) is 2.13. The third-order valence-corrected chi connectivity index (χ3v) is 5.39. The van der Waals surface area contributed by atoms with E-state index >= 15 is 0 Å². The van der Waals surface area contributed by atoms with Gasteiger partial charge in [-0.25, -0.2) is 9.18 Å². The van der Waals surface area contributed by atoms with Gasteiger partial charge in [0.2, 0.25) is 5.91 Å².